The van der Waals surface area contributed by atoms with Crippen molar-refractivity contribution in [3.63, 3.8) is 0 Å². The van der Waals surface area contributed by atoms with Gasteiger partial charge in [0.25, 0.3) is 0 Å². The Balaban J connectivity index is 2.46. The van der Waals surface area contributed by atoms with Crippen LogP contribution in [0.1, 0.15) is 17.0 Å². The summed E-state index contributed by atoms with van der Waals surface area (Å²) >= 11 is 12.4. The molecule has 0 amide bonds. The van der Waals surface area contributed by atoms with Crippen molar-refractivity contribution in [1.82, 2.24) is 4.57 Å². The van der Waals surface area contributed by atoms with E-state index in [0.717, 1.165) is 22.6 Å². The molecular weight excluding hydrogens is 307 g/mol. The fraction of sp³-hybridized carbons (Fsp3) is 0.200. The van der Waals surface area contributed by atoms with Crippen molar-refractivity contribution in [3.8, 4) is 5.69 Å². The van der Waals surface area contributed by atoms with Crippen LogP contribution < -0.4 is 0 Å². The van der Waals surface area contributed by atoms with Crippen LogP contribution >= 0.6 is 23.2 Å². The van der Waals surface area contributed by atoms with Crippen LogP contribution in [0.5, 0.6) is 0 Å². The van der Waals surface area contributed by atoms with E-state index in [2.05, 4.69) is 20.7 Å². The maximum absolute atomic E-state index is 8.26. The zero-order valence-electron chi connectivity index (χ0n) is 11.7. The maximum Gasteiger partial charge on any atom is 0.0832 e. The Kier molecular flexibility index (Phi) is 4.97. The summed E-state index contributed by atoms with van der Waals surface area (Å²) < 4.78 is 2.06. The predicted octanol–water partition coefficient (Wildman–Crippen LogP) is 5.72. The van der Waals surface area contributed by atoms with Crippen molar-refractivity contribution in [2.24, 2.45) is 5.11 Å². The minimum Gasteiger partial charge on any atom is -0.316 e. The van der Waals surface area contributed by atoms with Gasteiger partial charge in [0.15, 0.2) is 0 Å². The molecule has 0 aliphatic carbocycles. The van der Waals surface area contributed by atoms with Gasteiger partial charge in [0, 0.05) is 22.8 Å². The van der Waals surface area contributed by atoms with Crippen molar-refractivity contribution in [3.05, 3.63) is 67.8 Å². The summed E-state index contributed by atoms with van der Waals surface area (Å²) in [5.74, 6) is 0. The van der Waals surface area contributed by atoms with Crippen LogP contribution in [-0.4, -0.2) is 11.1 Å². The first-order chi connectivity index (χ1) is 10.1. The zero-order valence-corrected chi connectivity index (χ0v) is 13.2. The van der Waals surface area contributed by atoms with E-state index in [1.807, 2.05) is 38.1 Å². The van der Waals surface area contributed by atoms with Gasteiger partial charge in [-0.05, 0) is 43.1 Å². The largest absolute Gasteiger partial charge is 0.316 e. The Morgan fingerprint density at radius 2 is 2.10 bits per heavy atom. The molecule has 4 nitrogen and oxygen atoms in total. The lowest BCUT2D eigenvalue weighted by molar-refractivity contribution is 0.965. The SMILES string of the molecule is Cc1cc(C=CCN=[N+]=[N-])c(C)n1-c1cccc(Cl)c1Cl. The molecule has 0 saturated carbocycles. The molecule has 0 spiro atoms. The number of rotatable bonds is 4. The topological polar surface area (TPSA) is 53.7 Å². The summed E-state index contributed by atoms with van der Waals surface area (Å²) in [4.78, 5) is 2.72. The summed E-state index contributed by atoms with van der Waals surface area (Å²) in [7, 11) is 0. The Labute approximate surface area is 133 Å². The van der Waals surface area contributed by atoms with Gasteiger partial charge in [-0.2, -0.15) is 0 Å². The van der Waals surface area contributed by atoms with Crippen LogP contribution in [0.4, 0.5) is 0 Å². The zero-order chi connectivity index (χ0) is 15.4. The highest BCUT2D eigenvalue weighted by Gasteiger charge is 2.12. The second-order valence-electron chi connectivity index (χ2n) is 4.55. The normalized spacial score (nSPS) is 10.9. The second kappa shape index (κ2) is 6.72. The van der Waals surface area contributed by atoms with Gasteiger partial charge in [0.05, 0.1) is 15.7 Å². The molecule has 0 unspecified atom stereocenters. The van der Waals surface area contributed by atoms with E-state index in [9.17, 15) is 0 Å². The van der Waals surface area contributed by atoms with Gasteiger partial charge in [-0.15, -0.1) is 0 Å². The molecule has 2 rings (SSSR count). The number of aryl methyl sites for hydroxylation is 1. The molecule has 2 aromatic rings. The third kappa shape index (κ3) is 3.24. The number of azide groups is 1. The highest BCUT2D eigenvalue weighted by molar-refractivity contribution is 6.43. The molecule has 0 atom stereocenters. The van der Waals surface area contributed by atoms with Crippen molar-refractivity contribution in [2.45, 2.75) is 13.8 Å². The number of nitrogens with zero attached hydrogens (tertiary/aromatic N) is 4. The second-order valence-corrected chi connectivity index (χ2v) is 5.34. The number of hydrogen-bond donors (Lipinski definition) is 0. The molecule has 1 aromatic heterocycles. The van der Waals surface area contributed by atoms with Gasteiger partial charge < -0.3 is 4.57 Å². The monoisotopic (exact) mass is 320 g/mol. The van der Waals surface area contributed by atoms with E-state index in [0.29, 0.717) is 16.6 Å². The van der Waals surface area contributed by atoms with Crippen LogP contribution in [0.15, 0.2) is 35.5 Å². The van der Waals surface area contributed by atoms with Crippen molar-refractivity contribution in [2.75, 3.05) is 6.54 Å². The molecule has 0 bridgehead atoms. The van der Waals surface area contributed by atoms with E-state index in [4.69, 9.17) is 28.7 Å². The molecule has 1 heterocycles. The quantitative estimate of drug-likeness (QED) is 0.393. The first kappa shape index (κ1) is 15.5. The summed E-state index contributed by atoms with van der Waals surface area (Å²) in [6.07, 6.45) is 3.76. The number of halogens is 2. The first-order valence-corrected chi connectivity index (χ1v) is 7.12. The number of benzene rings is 1. The van der Waals surface area contributed by atoms with Gasteiger partial charge in [-0.25, -0.2) is 0 Å². The molecule has 0 aliphatic rings. The highest BCUT2D eigenvalue weighted by Crippen LogP contribution is 2.31. The van der Waals surface area contributed by atoms with E-state index in [1.54, 1.807) is 6.07 Å². The lowest BCUT2D eigenvalue weighted by Crippen LogP contribution is -2.00. The molecule has 0 fully saturated rings. The highest BCUT2D eigenvalue weighted by atomic mass is 35.5. The Bertz CT molecular complexity index is 740. The average molecular weight is 321 g/mol. The van der Waals surface area contributed by atoms with Crippen molar-refractivity contribution in [1.29, 1.82) is 0 Å². The predicted molar refractivity (Wildman–Crippen MR) is 88.3 cm³/mol. The Morgan fingerprint density at radius 3 is 2.81 bits per heavy atom. The first-order valence-electron chi connectivity index (χ1n) is 6.37. The van der Waals surface area contributed by atoms with E-state index in [1.165, 1.54) is 0 Å². The molecule has 21 heavy (non-hydrogen) atoms. The van der Waals surface area contributed by atoms with E-state index >= 15 is 0 Å². The third-order valence-corrected chi connectivity index (χ3v) is 4.00. The standard InChI is InChI=1S/C15H14Cl2N4/c1-10-9-12(5-4-8-19-20-18)11(2)21(10)14-7-3-6-13(16)15(14)17/h3-7,9H,8H2,1-2H3. The smallest absolute Gasteiger partial charge is 0.0832 e. The van der Waals surface area contributed by atoms with Gasteiger partial charge >= 0.3 is 0 Å². The molecule has 1 aromatic carbocycles. The fourth-order valence-corrected chi connectivity index (χ4v) is 2.64. The van der Waals surface area contributed by atoms with Gasteiger partial charge in [0.1, 0.15) is 0 Å². The van der Waals surface area contributed by atoms with Crippen LogP contribution in [0.25, 0.3) is 22.2 Å². The summed E-state index contributed by atoms with van der Waals surface area (Å²) in [6.45, 7) is 4.35. The molecular formula is C15H14Cl2N4. The molecule has 0 N–H and O–H groups in total. The summed E-state index contributed by atoms with van der Waals surface area (Å²) in [6, 6.07) is 7.63. The number of hydrogen-bond acceptors (Lipinski definition) is 1. The van der Waals surface area contributed by atoms with Crippen LogP contribution in [-0.2, 0) is 0 Å². The van der Waals surface area contributed by atoms with Gasteiger partial charge in [0.2, 0.25) is 0 Å². The van der Waals surface area contributed by atoms with Crippen LogP contribution in [0.2, 0.25) is 10.0 Å². The van der Waals surface area contributed by atoms with Crippen LogP contribution in [0, 0.1) is 13.8 Å². The van der Waals surface area contributed by atoms with Gasteiger partial charge in [-0.3, -0.25) is 0 Å². The van der Waals surface area contributed by atoms with Crippen molar-refractivity contribution < 1.29 is 0 Å². The Hall–Kier alpha value is -1.87. The molecule has 108 valence electrons. The van der Waals surface area contributed by atoms with Crippen molar-refractivity contribution >= 4 is 29.3 Å². The molecule has 0 saturated heterocycles. The fourth-order valence-electron chi connectivity index (χ4n) is 2.26. The minimum absolute atomic E-state index is 0.331. The van der Waals surface area contributed by atoms with Gasteiger partial charge in [-0.1, -0.05) is 46.5 Å². The molecule has 0 radical (unpaired) electrons. The molecule has 6 heteroatoms. The minimum atomic E-state index is 0.331. The van der Waals surface area contributed by atoms with E-state index in [-0.39, 0.29) is 0 Å². The summed E-state index contributed by atoms with van der Waals surface area (Å²) in [5, 5.41) is 4.54. The van der Waals surface area contributed by atoms with E-state index < -0.39 is 0 Å². The number of aromatic nitrogens is 1. The maximum atomic E-state index is 8.26. The lowest BCUT2D eigenvalue weighted by atomic mass is 10.2. The molecule has 0 aliphatic heterocycles. The Morgan fingerprint density at radius 1 is 1.33 bits per heavy atom. The average Bonchev–Trinajstić information content (AvgIpc) is 2.73. The third-order valence-electron chi connectivity index (χ3n) is 3.19. The summed E-state index contributed by atoms with van der Waals surface area (Å²) in [5.41, 5.74) is 12.3. The lowest BCUT2D eigenvalue weighted by Gasteiger charge is -2.12. The van der Waals surface area contributed by atoms with Crippen LogP contribution in [0.3, 0.4) is 0 Å².